The van der Waals surface area contributed by atoms with Crippen LogP contribution in [0.15, 0.2) is 0 Å². The fourth-order valence-corrected chi connectivity index (χ4v) is 2.59. The van der Waals surface area contributed by atoms with Crippen molar-refractivity contribution in [2.45, 2.75) is 62.7 Å². The van der Waals surface area contributed by atoms with E-state index in [0.29, 0.717) is 0 Å². The zero-order valence-corrected chi connectivity index (χ0v) is 18.5. The molecule has 0 spiro atoms. The van der Waals surface area contributed by atoms with E-state index in [1.54, 1.807) is 0 Å². The van der Waals surface area contributed by atoms with Crippen molar-refractivity contribution in [1.82, 2.24) is 16.0 Å². The summed E-state index contributed by atoms with van der Waals surface area (Å²) >= 11 is 0. The van der Waals surface area contributed by atoms with E-state index in [9.17, 15) is 38.4 Å². The highest BCUT2D eigenvalue weighted by Crippen LogP contribution is 2.04. The van der Waals surface area contributed by atoms with E-state index in [2.05, 4.69) is 10.6 Å². The predicted octanol–water partition coefficient (Wildman–Crippen LogP) is -5.27. The molecular formula is C18H29N7O10. The maximum absolute atomic E-state index is 12.7. The Hall–Kier alpha value is -4.28. The van der Waals surface area contributed by atoms with Crippen LogP contribution in [0.2, 0.25) is 0 Å². The summed E-state index contributed by atoms with van der Waals surface area (Å²) in [6.07, 6.45) is -3.00. The minimum absolute atomic E-state index is 0.171. The van der Waals surface area contributed by atoms with Crippen molar-refractivity contribution in [2.24, 2.45) is 22.9 Å². The number of aliphatic carboxylic acids is 2. The molecule has 0 saturated carbocycles. The molecule has 0 aliphatic carbocycles. The molecule has 35 heavy (non-hydrogen) atoms. The largest absolute Gasteiger partial charge is 0.481 e. The minimum Gasteiger partial charge on any atom is -0.481 e. The van der Waals surface area contributed by atoms with Crippen LogP contribution in [-0.2, 0) is 38.4 Å². The molecule has 17 nitrogen and oxygen atoms in total. The lowest BCUT2D eigenvalue weighted by Crippen LogP contribution is -2.58. The third-order valence-corrected chi connectivity index (χ3v) is 4.38. The molecule has 0 aliphatic heterocycles. The number of carbonyl (C=O) groups excluding carboxylic acids is 6. The van der Waals surface area contributed by atoms with Crippen molar-refractivity contribution in [3.05, 3.63) is 0 Å². The van der Waals surface area contributed by atoms with Gasteiger partial charge in [-0.15, -0.1) is 0 Å². The molecule has 13 N–H and O–H groups in total. The van der Waals surface area contributed by atoms with Gasteiger partial charge in [-0.1, -0.05) is 0 Å². The van der Waals surface area contributed by atoms with Gasteiger partial charge in [0.1, 0.15) is 18.1 Å². The first kappa shape index (κ1) is 30.7. The summed E-state index contributed by atoms with van der Waals surface area (Å²) in [4.78, 5) is 92.9. The van der Waals surface area contributed by atoms with Crippen LogP contribution < -0.4 is 38.9 Å². The summed E-state index contributed by atoms with van der Waals surface area (Å²) in [7, 11) is 0. The van der Waals surface area contributed by atoms with Gasteiger partial charge in [-0.3, -0.25) is 33.6 Å². The van der Waals surface area contributed by atoms with Crippen LogP contribution in [0.5, 0.6) is 0 Å². The lowest BCUT2D eigenvalue weighted by molar-refractivity contribution is -0.147. The van der Waals surface area contributed by atoms with Crippen molar-refractivity contribution in [1.29, 1.82) is 0 Å². The number of carbonyl (C=O) groups is 8. The highest BCUT2D eigenvalue weighted by molar-refractivity contribution is 5.96. The lowest BCUT2D eigenvalue weighted by Gasteiger charge is -2.24. The average molecular weight is 503 g/mol. The number of carboxylic acid groups (broad SMARTS) is 2. The third-order valence-electron chi connectivity index (χ3n) is 4.38. The molecule has 17 heteroatoms. The Kier molecular flexibility index (Phi) is 13.0. The van der Waals surface area contributed by atoms with Gasteiger partial charge >= 0.3 is 11.9 Å². The fraction of sp³-hybridized carbons (Fsp3) is 0.556. The molecule has 0 aromatic carbocycles. The van der Waals surface area contributed by atoms with Crippen LogP contribution in [0.1, 0.15) is 38.5 Å². The Balaban J connectivity index is 5.59. The van der Waals surface area contributed by atoms with Crippen molar-refractivity contribution in [3.8, 4) is 0 Å². The summed E-state index contributed by atoms with van der Waals surface area (Å²) in [6, 6.07) is -6.40. The van der Waals surface area contributed by atoms with E-state index >= 15 is 0 Å². The Morgan fingerprint density at radius 3 is 1.51 bits per heavy atom. The summed E-state index contributed by atoms with van der Waals surface area (Å²) in [6.45, 7) is 0. The highest BCUT2D eigenvalue weighted by atomic mass is 16.4. The highest BCUT2D eigenvalue weighted by Gasteiger charge is 2.32. The number of carboxylic acids is 2. The number of rotatable bonds is 17. The topological polar surface area (TPSA) is 317 Å². The average Bonchev–Trinajstić information content (AvgIpc) is 2.72. The normalized spacial score (nSPS) is 13.9. The van der Waals surface area contributed by atoms with Crippen LogP contribution in [0.3, 0.4) is 0 Å². The van der Waals surface area contributed by atoms with Gasteiger partial charge in [0.25, 0.3) is 0 Å². The maximum Gasteiger partial charge on any atom is 0.326 e. The van der Waals surface area contributed by atoms with E-state index in [4.69, 9.17) is 33.1 Å². The number of nitrogens with one attached hydrogen (secondary N) is 3. The summed E-state index contributed by atoms with van der Waals surface area (Å²) < 4.78 is 0. The second kappa shape index (κ2) is 14.8. The Bertz CT molecular complexity index is 863. The summed E-state index contributed by atoms with van der Waals surface area (Å²) in [5, 5.41) is 24.1. The van der Waals surface area contributed by atoms with Crippen LogP contribution in [-0.4, -0.2) is 81.8 Å². The number of primary amides is 3. The number of hydrogen-bond donors (Lipinski definition) is 9. The van der Waals surface area contributed by atoms with Crippen LogP contribution in [0, 0.1) is 0 Å². The lowest BCUT2D eigenvalue weighted by atomic mass is 10.1. The molecule has 0 heterocycles. The smallest absolute Gasteiger partial charge is 0.326 e. The van der Waals surface area contributed by atoms with Crippen LogP contribution >= 0.6 is 0 Å². The molecule has 4 unspecified atom stereocenters. The number of amides is 6. The van der Waals surface area contributed by atoms with Gasteiger partial charge in [0.05, 0.1) is 18.9 Å². The first-order valence-electron chi connectivity index (χ1n) is 10.1. The summed E-state index contributed by atoms with van der Waals surface area (Å²) in [5.41, 5.74) is 20.7. The number of nitrogens with two attached hydrogens (primary N) is 4. The van der Waals surface area contributed by atoms with Crippen molar-refractivity contribution in [3.63, 3.8) is 0 Å². The van der Waals surface area contributed by atoms with Gasteiger partial charge < -0.3 is 49.1 Å². The van der Waals surface area contributed by atoms with Crippen molar-refractivity contribution < 1.29 is 48.6 Å². The fourth-order valence-electron chi connectivity index (χ4n) is 2.59. The molecule has 196 valence electrons. The molecule has 0 fully saturated rings. The number of hydrogen-bond acceptors (Lipinski definition) is 9. The van der Waals surface area contributed by atoms with Gasteiger partial charge in [-0.2, -0.15) is 0 Å². The van der Waals surface area contributed by atoms with E-state index in [1.807, 2.05) is 5.32 Å². The second-order valence-corrected chi connectivity index (χ2v) is 7.41. The van der Waals surface area contributed by atoms with Gasteiger partial charge in [-0.25, -0.2) is 4.79 Å². The Morgan fingerprint density at radius 1 is 0.600 bits per heavy atom. The first-order chi connectivity index (χ1) is 16.1. The zero-order chi connectivity index (χ0) is 27.3. The SMILES string of the molecule is NC(=O)CCC(N)C(=O)NC(CC(N)=O)C(=O)NC(CCC(N)=O)C(=O)NC(CC(=O)O)C(=O)O. The molecule has 0 aliphatic rings. The van der Waals surface area contributed by atoms with Crippen LogP contribution in [0.4, 0.5) is 0 Å². The van der Waals surface area contributed by atoms with Gasteiger partial charge in [-0.05, 0) is 12.8 Å². The van der Waals surface area contributed by atoms with E-state index in [0.717, 1.165) is 0 Å². The molecule has 6 amide bonds. The van der Waals surface area contributed by atoms with Gasteiger partial charge in [0.15, 0.2) is 0 Å². The molecule has 0 aromatic rings. The quantitative estimate of drug-likeness (QED) is 0.0902. The summed E-state index contributed by atoms with van der Waals surface area (Å²) in [5.74, 6) is -9.09. The Labute approximate surface area is 198 Å². The predicted molar refractivity (Wildman–Crippen MR) is 114 cm³/mol. The van der Waals surface area contributed by atoms with Gasteiger partial charge in [0.2, 0.25) is 35.4 Å². The monoisotopic (exact) mass is 503 g/mol. The second-order valence-electron chi connectivity index (χ2n) is 7.41. The molecule has 0 rings (SSSR count). The molecule has 0 bridgehead atoms. The molecule has 0 saturated heterocycles. The molecule has 4 atom stereocenters. The Morgan fingerprint density at radius 2 is 1.06 bits per heavy atom. The van der Waals surface area contributed by atoms with E-state index in [1.165, 1.54) is 0 Å². The van der Waals surface area contributed by atoms with Crippen molar-refractivity contribution >= 4 is 47.4 Å². The standard InChI is InChI=1S/C18H29N7O10/c19-7(1-3-11(20)26)15(31)24-9(5-13(22)28)17(33)23-8(2-4-12(21)27)16(32)25-10(18(34)35)6-14(29)30/h7-10H,1-6,19H2,(H2,20,26)(H2,21,27)(H2,22,28)(H,23,33)(H,24,31)(H,25,32)(H,29,30)(H,34,35). The molecule has 0 radical (unpaired) electrons. The molecule has 0 aromatic heterocycles. The van der Waals surface area contributed by atoms with E-state index in [-0.39, 0.29) is 12.8 Å². The minimum atomic E-state index is -1.86. The first-order valence-corrected chi connectivity index (χ1v) is 10.1. The molecular weight excluding hydrogens is 474 g/mol. The van der Waals surface area contributed by atoms with Gasteiger partial charge in [0, 0.05) is 12.8 Å². The zero-order valence-electron chi connectivity index (χ0n) is 18.5. The van der Waals surface area contributed by atoms with E-state index < -0.39 is 97.2 Å². The van der Waals surface area contributed by atoms with Crippen molar-refractivity contribution in [2.75, 3.05) is 0 Å². The maximum atomic E-state index is 12.7. The third kappa shape index (κ3) is 13.1. The van der Waals surface area contributed by atoms with Crippen LogP contribution in [0.25, 0.3) is 0 Å².